The van der Waals surface area contributed by atoms with Gasteiger partial charge in [-0.25, -0.2) is 0 Å². The molecule has 0 bridgehead atoms. The van der Waals surface area contributed by atoms with Gasteiger partial charge in [0.25, 0.3) is 0 Å². The molecule has 16 heteroatoms. The average molecular weight is 401 g/mol. The zero-order valence-electron chi connectivity index (χ0n) is 14.3. The van der Waals surface area contributed by atoms with Gasteiger partial charge in [0.2, 0.25) is 0 Å². The Labute approximate surface area is 156 Å². The molecule has 0 unspecified atom stereocenters. The van der Waals surface area contributed by atoms with Crippen molar-refractivity contribution in [2.75, 3.05) is 6.54 Å². The van der Waals surface area contributed by atoms with Gasteiger partial charge in [0.15, 0.2) is 6.29 Å². The van der Waals surface area contributed by atoms with Crippen LogP contribution in [-0.4, -0.2) is 93.2 Å². The van der Waals surface area contributed by atoms with E-state index in [1.807, 2.05) is 0 Å². The Morgan fingerprint density at radius 3 is 2.07 bits per heavy atom. The van der Waals surface area contributed by atoms with Gasteiger partial charge < -0.3 is 35.0 Å². The zero-order chi connectivity index (χ0) is 20.8. The molecule has 10 atom stereocenters. The lowest BCUT2D eigenvalue weighted by molar-refractivity contribution is -0.318. The van der Waals surface area contributed by atoms with Crippen molar-refractivity contribution >= 4 is 0 Å². The number of nitrogens with zero attached hydrogens (tertiary/aromatic N) is 9. The Morgan fingerprint density at radius 2 is 1.46 bits per heavy atom. The van der Waals surface area contributed by atoms with Crippen LogP contribution in [0.15, 0.2) is 15.3 Å². The van der Waals surface area contributed by atoms with Crippen molar-refractivity contribution in [1.29, 1.82) is 0 Å². The summed E-state index contributed by atoms with van der Waals surface area (Å²) in [5, 5.41) is 60.4. The number of aliphatic hydroxyl groups excluding tert-OH is 5. The lowest BCUT2D eigenvalue weighted by atomic mass is 9.84. The van der Waals surface area contributed by atoms with Crippen LogP contribution in [0.5, 0.6) is 0 Å². The first-order chi connectivity index (χ1) is 13.3. The molecule has 2 aliphatic rings. The third kappa shape index (κ3) is 4.55. The number of aliphatic hydroxyl groups is 5. The molecule has 0 amide bonds. The zero-order valence-corrected chi connectivity index (χ0v) is 14.3. The standard InChI is InChI=1S/C12H19N9O7/c13-19-16-2-5-7(23)8(24)10(26)12(27-5)28-11-4(18-21-15)1-3(17-20-14)6(22)9(11)25/h3-12,22-26H,1-2H2/t3-,4+,5-,6+,7-,8+,9-,10+,11-,12-/m1/s1. The Balaban J connectivity index is 2.23. The van der Waals surface area contributed by atoms with Gasteiger partial charge in [0.05, 0.1) is 36.9 Å². The fourth-order valence-electron chi connectivity index (χ4n) is 3.15. The van der Waals surface area contributed by atoms with Crippen LogP contribution in [0.3, 0.4) is 0 Å². The number of ether oxygens (including phenoxy) is 2. The van der Waals surface area contributed by atoms with E-state index in [1.165, 1.54) is 0 Å². The first kappa shape index (κ1) is 21.9. The minimum Gasteiger partial charge on any atom is -0.390 e. The summed E-state index contributed by atoms with van der Waals surface area (Å²) in [6.45, 7) is -0.379. The molecule has 1 aliphatic carbocycles. The van der Waals surface area contributed by atoms with Crippen molar-refractivity contribution in [3.05, 3.63) is 31.3 Å². The van der Waals surface area contributed by atoms with Crippen molar-refractivity contribution < 1.29 is 35.0 Å². The van der Waals surface area contributed by atoms with E-state index in [0.29, 0.717) is 0 Å². The molecule has 28 heavy (non-hydrogen) atoms. The second kappa shape index (κ2) is 9.73. The van der Waals surface area contributed by atoms with Gasteiger partial charge in [-0.2, -0.15) is 0 Å². The normalized spacial score (nSPS) is 43.2. The maximum Gasteiger partial charge on any atom is 0.186 e. The van der Waals surface area contributed by atoms with Crippen LogP contribution in [0.2, 0.25) is 0 Å². The summed E-state index contributed by atoms with van der Waals surface area (Å²) >= 11 is 0. The summed E-state index contributed by atoms with van der Waals surface area (Å²) < 4.78 is 10.8. The van der Waals surface area contributed by atoms with Crippen LogP contribution < -0.4 is 0 Å². The molecule has 154 valence electrons. The SMILES string of the molecule is [N-]=[N+]=NC[C@H]1O[C@H](O[C@H]2[C@H](O)[C@@H](O)[C@H](N=[N+]=[N-])C[C@@H]2N=[N+]=[N-])[C@@H](O)[C@@H](O)[C@@H]1O. The molecule has 2 rings (SSSR count). The highest BCUT2D eigenvalue weighted by molar-refractivity contribution is 5.01. The predicted octanol–water partition coefficient (Wildman–Crippen LogP) is -1.03. The Morgan fingerprint density at radius 1 is 0.821 bits per heavy atom. The number of hydrogen-bond donors (Lipinski definition) is 5. The van der Waals surface area contributed by atoms with Gasteiger partial charge in [-0.1, -0.05) is 15.3 Å². The maximum atomic E-state index is 10.3. The molecule has 0 spiro atoms. The van der Waals surface area contributed by atoms with E-state index in [2.05, 4.69) is 30.1 Å². The predicted molar refractivity (Wildman–Crippen MR) is 88.1 cm³/mol. The highest BCUT2D eigenvalue weighted by atomic mass is 16.7. The van der Waals surface area contributed by atoms with Crippen LogP contribution in [0.1, 0.15) is 6.42 Å². The monoisotopic (exact) mass is 401 g/mol. The van der Waals surface area contributed by atoms with Crippen LogP contribution in [0.4, 0.5) is 0 Å². The molecule has 1 heterocycles. The van der Waals surface area contributed by atoms with E-state index >= 15 is 0 Å². The first-order valence-corrected chi connectivity index (χ1v) is 8.16. The van der Waals surface area contributed by atoms with Crippen LogP contribution >= 0.6 is 0 Å². The highest BCUT2D eigenvalue weighted by Crippen LogP contribution is 2.31. The molecular weight excluding hydrogens is 382 g/mol. The van der Waals surface area contributed by atoms with Gasteiger partial charge in [0.1, 0.15) is 24.4 Å². The topological polar surface area (TPSA) is 266 Å². The van der Waals surface area contributed by atoms with Gasteiger partial charge in [-0.05, 0) is 23.0 Å². The van der Waals surface area contributed by atoms with Crippen LogP contribution in [0, 0.1) is 0 Å². The second-order valence-corrected chi connectivity index (χ2v) is 6.29. The summed E-state index contributed by atoms with van der Waals surface area (Å²) in [7, 11) is 0. The molecule has 1 saturated carbocycles. The lowest BCUT2D eigenvalue weighted by Gasteiger charge is -2.45. The third-order valence-corrected chi connectivity index (χ3v) is 4.63. The lowest BCUT2D eigenvalue weighted by Crippen LogP contribution is -2.62. The molecule has 0 radical (unpaired) electrons. The van der Waals surface area contributed by atoms with E-state index in [1.54, 1.807) is 0 Å². The van der Waals surface area contributed by atoms with E-state index in [-0.39, 0.29) is 13.0 Å². The second-order valence-electron chi connectivity index (χ2n) is 6.29. The molecule has 16 nitrogen and oxygen atoms in total. The van der Waals surface area contributed by atoms with Crippen molar-refractivity contribution in [2.24, 2.45) is 15.3 Å². The Kier molecular flexibility index (Phi) is 7.62. The Hall–Kier alpha value is -2.35. The van der Waals surface area contributed by atoms with E-state index in [0.717, 1.165) is 0 Å². The quantitative estimate of drug-likeness (QED) is 0.209. The maximum absolute atomic E-state index is 10.3. The minimum atomic E-state index is -1.76. The van der Waals surface area contributed by atoms with E-state index in [4.69, 9.17) is 26.1 Å². The van der Waals surface area contributed by atoms with Gasteiger partial charge in [-0.15, -0.1) is 0 Å². The number of hydrogen-bond acceptors (Lipinski definition) is 10. The number of rotatable bonds is 6. The van der Waals surface area contributed by atoms with Crippen molar-refractivity contribution in [3.8, 4) is 0 Å². The minimum absolute atomic E-state index is 0.160. The van der Waals surface area contributed by atoms with Crippen molar-refractivity contribution in [3.63, 3.8) is 0 Å². The van der Waals surface area contributed by atoms with Gasteiger partial charge in [-0.3, -0.25) is 0 Å². The molecule has 0 aromatic heterocycles. The van der Waals surface area contributed by atoms with Crippen molar-refractivity contribution in [1.82, 2.24) is 0 Å². The molecule has 1 aliphatic heterocycles. The largest absolute Gasteiger partial charge is 0.390 e. The van der Waals surface area contributed by atoms with Crippen LogP contribution in [0.25, 0.3) is 31.3 Å². The molecule has 1 saturated heterocycles. The average Bonchev–Trinajstić information content (AvgIpc) is 2.68. The summed E-state index contributed by atoms with van der Waals surface area (Å²) in [5.41, 5.74) is 25.7. The van der Waals surface area contributed by atoms with Crippen LogP contribution in [-0.2, 0) is 9.47 Å². The van der Waals surface area contributed by atoms with Crippen molar-refractivity contribution in [2.45, 2.75) is 67.5 Å². The highest BCUT2D eigenvalue weighted by Gasteiger charge is 2.49. The smallest absolute Gasteiger partial charge is 0.186 e. The fraction of sp³-hybridized carbons (Fsp3) is 1.00. The molecule has 0 aromatic rings. The molecule has 0 aromatic carbocycles. The van der Waals surface area contributed by atoms with E-state index < -0.39 is 61.1 Å². The Bertz CT molecular complexity index is 693. The van der Waals surface area contributed by atoms with Gasteiger partial charge >= 0.3 is 0 Å². The van der Waals surface area contributed by atoms with E-state index in [9.17, 15) is 25.5 Å². The first-order valence-electron chi connectivity index (χ1n) is 8.16. The summed E-state index contributed by atoms with van der Waals surface area (Å²) in [6, 6.07) is -2.19. The third-order valence-electron chi connectivity index (χ3n) is 4.63. The van der Waals surface area contributed by atoms with Gasteiger partial charge in [0, 0.05) is 14.7 Å². The molecule has 5 N–H and O–H groups in total. The number of azide groups is 3. The molecular formula is C12H19N9O7. The summed E-state index contributed by atoms with van der Waals surface area (Å²) in [5.74, 6) is 0. The fourth-order valence-corrected chi connectivity index (χ4v) is 3.15. The summed E-state index contributed by atoms with van der Waals surface area (Å²) in [4.78, 5) is 7.70. The molecule has 2 fully saturated rings. The summed E-state index contributed by atoms with van der Waals surface area (Å²) in [6.07, 6.45) is -12.7.